The Kier molecular flexibility index (Phi) is 7.70. The smallest absolute Gasteiger partial charge is 0.339 e. The fraction of sp³-hybridized carbons (Fsp3) is 0.357. The minimum absolute atomic E-state index is 0.000687. The van der Waals surface area contributed by atoms with Crippen molar-refractivity contribution in [2.45, 2.75) is 6.42 Å². The van der Waals surface area contributed by atoms with Gasteiger partial charge in [0.25, 0.3) is 0 Å². The van der Waals surface area contributed by atoms with Crippen LogP contribution < -0.4 is 0 Å². The summed E-state index contributed by atoms with van der Waals surface area (Å²) < 4.78 is 13.9. The topological polar surface area (TPSA) is 99.1 Å². The standard InChI is InChI=1S/C14H16O7/c15-9-13(17)20-7-6-19-10-14(18)21-12(16)8-11-4-2-1-3-5-11/h1-5,15H,6-10H2. The van der Waals surface area contributed by atoms with E-state index >= 15 is 0 Å². The summed E-state index contributed by atoms with van der Waals surface area (Å²) in [7, 11) is 0. The van der Waals surface area contributed by atoms with Crippen molar-refractivity contribution in [3.05, 3.63) is 35.9 Å². The van der Waals surface area contributed by atoms with Gasteiger partial charge in [0.15, 0.2) is 0 Å². The number of carbonyl (C=O) groups excluding carboxylic acids is 3. The molecule has 1 aromatic rings. The number of ether oxygens (including phenoxy) is 3. The molecule has 7 nitrogen and oxygen atoms in total. The first kappa shape index (κ1) is 16.8. The van der Waals surface area contributed by atoms with E-state index < -0.39 is 31.1 Å². The molecule has 1 N–H and O–H groups in total. The summed E-state index contributed by atoms with van der Waals surface area (Å²) in [6, 6.07) is 8.87. The molecule has 0 saturated heterocycles. The van der Waals surface area contributed by atoms with Crippen molar-refractivity contribution in [3.8, 4) is 0 Å². The summed E-state index contributed by atoms with van der Waals surface area (Å²) in [4.78, 5) is 33.3. The van der Waals surface area contributed by atoms with Gasteiger partial charge in [-0.05, 0) is 5.56 Å². The predicted octanol–water partition coefficient (Wildman–Crippen LogP) is -0.149. The number of aliphatic hydroxyl groups is 1. The number of carbonyl (C=O) groups is 3. The zero-order valence-electron chi connectivity index (χ0n) is 11.3. The van der Waals surface area contributed by atoms with E-state index in [9.17, 15) is 14.4 Å². The Balaban J connectivity index is 2.13. The predicted molar refractivity (Wildman–Crippen MR) is 70.1 cm³/mol. The average molecular weight is 296 g/mol. The van der Waals surface area contributed by atoms with E-state index in [1.807, 2.05) is 6.07 Å². The zero-order valence-corrected chi connectivity index (χ0v) is 11.3. The third kappa shape index (κ3) is 7.81. The second-order valence-corrected chi connectivity index (χ2v) is 3.94. The van der Waals surface area contributed by atoms with Gasteiger partial charge in [-0.1, -0.05) is 30.3 Å². The van der Waals surface area contributed by atoms with Gasteiger partial charge in [0, 0.05) is 0 Å². The van der Waals surface area contributed by atoms with Crippen LogP contribution in [-0.2, 0) is 35.0 Å². The first-order chi connectivity index (χ1) is 10.1. The van der Waals surface area contributed by atoms with Crippen LogP contribution in [0.1, 0.15) is 5.56 Å². The monoisotopic (exact) mass is 296 g/mol. The number of hydrogen-bond acceptors (Lipinski definition) is 7. The molecular weight excluding hydrogens is 280 g/mol. The van der Waals surface area contributed by atoms with Crippen molar-refractivity contribution in [3.63, 3.8) is 0 Å². The molecule has 0 saturated carbocycles. The molecule has 7 heteroatoms. The summed E-state index contributed by atoms with van der Waals surface area (Å²) in [5, 5.41) is 8.37. The Labute approximate surface area is 121 Å². The number of hydrogen-bond donors (Lipinski definition) is 1. The van der Waals surface area contributed by atoms with Crippen molar-refractivity contribution in [2.75, 3.05) is 26.4 Å². The van der Waals surface area contributed by atoms with Gasteiger partial charge >= 0.3 is 17.9 Å². The Morgan fingerprint density at radius 2 is 1.67 bits per heavy atom. The third-order valence-corrected chi connectivity index (χ3v) is 2.26. The minimum Gasteiger partial charge on any atom is -0.462 e. The maximum absolute atomic E-state index is 11.4. The number of aliphatic hydroxyl groups excluding tert-OH is 1. The summed E-state index contributed by atoms with van der Waals surface area (Å²) >= 11 is 0. The van der Waals surface area contributed by atoms with Crippen LogP contribution in [-0.4, -0.2) is 49.4 Å². The molecule has 0 aliphatic carbocycles. The van der Waals surface area contributed by atoms with Gasteiger partial charge in [0.1, 0.15) is 19.8 Å². The summed E-state index contributed by atoms with van der Waals surface area (Å²) in [5.74, 6) is -2.26. The second-order valence-electron chi connectivity index (χ2n) is 3.94. The van der Waals surface area contributed by atoms with Crippen molar-refractivity contribution < 1.29 is 33.7 Å². The fourth-order valence-corrected chi connectivity index (χ4v) is 1.37. The van der Waals surface area contributed by atoms with E-state index in [2.05, 4.69) is 9.47 Å². The lowest BCUT2D eigenvalue weighted by Gasteiger charge is -2.05. The average Bonchev–Trinajstić information content (AvgIpc) is 2.47. The van der Waals surface area contributed by atoms with E-state index in [1.54, 1.807) is 24.3 Å². The molecule has 21 heavy (non-hydrogen) atoms. The summed E-state index contributed by atoms with van der Waals surface area (Å²) in [6.45, 7) is -1.26. The van der Waals surface area contributed by atoms with Crippen LogP contribution in [0.5, 0.6) is 0 Å². The van der Waals surface area contributed by atoms with E-state index in [-0.39, 0.29) is 19.6 Å². The highest BCUT2D eigenvalue weighted by molar-refractivity contribution is 5.87. The molecule has 1 rings (SSSR count). The van der Waals surface area contributed by atoms with E-state index in [4.69, 9.17) is 9.84 Å². The Morgan fingerprint density at radius 3 is 2.33 bits per heavy atom. The molecule has 0 atom stereocenters. The molecule has 0 unspecified atom stereocenters. The van der Waals surface area contributed by atoms with Crippen LogP contribution in [0.15, 0.2) is 30.3 Å². The first-order valence-corrected chi connectivity index (χ1v) is 6.23. The maximum Gasteiger partial charge on any atom is 0.339 e. The second kappa shape index (κ2) is 9.62. The van der Waals surface area contributed by atoms with Crippen molar-refractivity contribution in [1.82, 2.24) is 0 Å². The normalized spacial score (nSPS) is 9.95. The van der Waals surface area contributed by atoms with Crippen molar-refractivity contribution in [2.24, 2.45) is 0 Å². The van der Waals surface area contributed by atoms with Gasteiger partial charge in [0.05, 0.1) is 13.0 Å². The SMILES string of the molecule is O=C(CO)OCCOCC(=O)OC(=O)Cc1ccccc1. The molecule has 0 aromatic heterocycles. The molecule has 0 aliphatic rings. The van der Waals surface area contributed by atoms with Crippen LogP contribution in [0.25, 0.3) is 0 Å². The Hall–Kier alpha value is -2.25. The van der Waals surface area contributed by atoms with E-state index in [0.717, 1.165) is 5.56 Å². The van der Waals surface area contributed by atoms with Gasteiger partial charge in [-0.15, -0.1) is 0 Å². The first-order valence-electron chi connectivity index (χ1n) is 6.23. The molecule has 1 aromatic carbocycles. The van der Waals surface area contributed by atoms with Gasteiger partial charge in [-0.25, -0.2) is 9.59 Å². The van der Waals surface area contributed by atoms with E-state index in [0.29, 0.717) is 0 Å². The number of esters is 3. The van der Waals surface area contributed by atoms with Crippen LogP contribution in [0.2, 0.25) is 0 Å². The van der Waals surface area contributed by atoms with E-state index in [1.165, 1.54) is 0 Å². The lowest BCUT2D eigenvalue weighted by molar-refractivity contribution is -0.162. The third-order valence-electron chi connectivity index (χ3n) is 2.26. The quantitative estimate of drug-likeness (QED) is 0.404. The lowest BCUT2D eigenvalue weighted by atomic mass is 10.2. The number of rotatable bonds is 8. The molecular formula is C14H16O7. The molecule has 0 bridgehead atoms. The van der Waals surface area contributed by atoms with Gasteiger partial charge in [-0.2, -0.15) is 0 Å². The van der Waals surface area contributed by atoms with Crippen LogP contribution in [0.4, 0.5) is 0 Å². The minimum atomic E-state index is -0.815. The molecule has 0 fully saturated rings. The van der Waals surface area contributed by atoms with Crippen molar-refractivity contribution in [1.29, 1.82) is 0 Å². The fourth-order valence-electron chi connectivity index (χ4n) is 1.37. The van der Waals surface area contributed by atoms with Crippen LogP contribution in [0.3, 0.4) is 0 Å². The Morgan fingerprint density at radius 1 is 0.952 bits per heavy atom. The lowest BCUT2D eigenvalue weighted by Crippen LogP contribution is -2.20. The summed E-state index contributed by atoms with van der Waals surface area (Å²) in [5.41, 5.74) is 0.743. The maximum atomic E-state index is 11.4. The highest BCUT2D eigenvalue weighted by Crippen LogP contribution is 2.01. The highest BCUT2D eigenvalue weighted by atomic mass is 16.6. The molecule has 0 amide bonds. The van der Waals surface area contributed by atoms with Gasteiger partial charge < -0.3 is 19.3 Å². The van der Waals surface area contributed by atoms with Crippen LogP contribution in [0, 0.1) is 0 Å². The Bertz CT molecular complexity index is 469. The van der Waals surface area contributed by atoms with Crippen molar-refractivity contribution >= 4 is 17.9 Å². The van der Waals surface area contributed by atoms with Crippen LogP contribution >= 0.6 is 0 Å². The molecule has 0 radical (unpaired) electrons. The highest BCUT2D eigenvalue weighted by Gasteiger charge is 2.11. The molecule has 0 heterocycles. The van der Waals surface area contributed by atoms with Gasteiger partial charge in [0.2, 0.25) is 0 Å². The summed E-state index contributed by atoms with van der Waals surface area (Å²) in [6.07, 6.45) is 0.000687. The van der Waals surface area contributed by atoms with Gasteiger partial charge in [-0.3, -0.25) is 4.79 Å². The number of benzene rings is 1. The molecule has 0 aliphatic heterocycles. The molecule has 114 valence electrons. The largest absolute Gasteiger partial charge is 0.462 e. The molecule has 0 spiro atoms. The zero-order chi connectivity index (χ0) is 15.5.